The van der Waals surface area contributed by atoms with Crippen LogP contribution in [-0.4, -0.2) is 47.0 Å². The van der Waals surface area contributed by atoms with Crippen molar-refractivity contribution in [1.29, 1.82) is 0 Å². The monoisotopic (exact) mass is 308 g/mol. The molecule has 3 heteroatoms. The Morgan fingerprint density at radius 2 is 1.88 bits per heavy atom. The molecule has 1 rings (SSSR count). The van der Waals surface area contributed by atoms with Crippen LogP contribution in [0.5, 0.6) is 0 Å². The number of piperidine rings is 1. The minimum absolute atomic E-state index is 0.437. The zero-order chi connectivity index (χ0) is 5.98. The van der Waals surface area contributed by atoms with Gasteiger partial charge in [-0.05, 0) is 0 Å². The summed E-state index contributed by atoms with van der Waals surface area (Å²) in [6.45, 7) is 2.01. The Bertz CT molecular complexity index is 94.6. The Morgan fingerprint density at radius 3 is 2.25 bits per heavy atom. The first kappa shape index (κ1) is 6.64. The Balaban J connectivity index is 2.29. The number of hydrogen-bond donors (Lipinski definition) is 0. The SMILES string of the molecule is O=C1CC[N]([PoH])CC1. The summed E-state index contributed by atoms with van der Waals surface area (Å²) in [6.07, 6.45) is 1.58. The molecular formula is C5H9NOPo. The number of rotatable bonds is 0. The molecule has 1 aliphatic rings. The molecule has 46 valence electrons. The molecule has 0 saturated carbocycles. The quantitative estimate of drug-likeness (QED) is 0.599. The van der Waals surface area contributed by atoms with Crippen molar-refractivity contribution in [2.45, 2.75) is 12.8 Å². The fourth-order valence-electron chi connectivity index (χ4n) is 0.744. The minimum atomic E-state index is 0.437. The van der Waals surface area contributed by atoms with Crippen LogP contribution in [0.2, 0.25) is 0 Å². The Kier molecular flexibility index (Phi) is 2.40. The van der Waals surface area contributed by atoms with E-state index in [2.05, 4.69) is 2.80 Å². The average molecular weight is 308 g/mol. The Labute approximate surface area is 64.8 Å². The molecule has 0 amide bonds. The molecular weight excluding hydrogens is 299 g/mol. The van der Waals surface area contributed by atoms with Gasteiger partial charge in [-0.2, -0.15) is 0 Å². The van der Waals surface area contributed by atoms with Crippen molar-refractivity contribution in [2.75, 3.05) is 13.1 Å². The predicted molar refractivity (Wildman–Crippen MR) is 33.0 cm³/mol. The summed E-state index contributed by atoms with van der Waals surface area (Å²) in [7, 11) is 0. The van der Waals surface area contributed by atoms with Gasteiger partial charge in [-0.25, -0.2) is 0 Å². The van der Waals surface area contributed by atoms with Crippen LogP contribution >= 0.6 is 0 Å². The van der Waals surface area contributed by atoms with Crippen molar-refractivity contribution in [3.8, 4) is 0 Å². The normalized spacial score (nSPS) is 23.9. The van der Waals surface area contributed by atoms with Crippen LogP contribution in [-0.2, 0) is 4.79 Å². The van der Waals surface area contributed by atoms with Gasteiger partial charge in [0, 0.05) is 0 Å². The van der Waals surface area contributed by atoms with Crippen LogP contribution in [0.1, 0.15) is 12.8 Å². The van der Waals surface area contributed by atoms with Gasteiger partial charge in [-0.3, -0.25) is 0 Å². The molecule has 2 nitrogen and oxygen atoms in total. The molecule has 0 N–H and O–H groups in total. The van der Waals surface area contributed by atoms with Gasteiger partial charge in [0.1, 0.15) is 0 Å². The zero-order valence-corrected chi connectivity index (χ0v) is 8.11. The molecule has 0 aromatic heterocycles. The molecule has 1 fully saturated rings. The van der Waals surface area contributed by atoms with Gasteiger partial charge in [0.15, 0.2) is 0 Å². The van der Waals surface area contributed by atoms with E-state index in [-0.39, 0.29) is 0 Å². The number of ketones is 1. The van der Waals surface area contributed by atoms with Crippen LogP contribution in [0.4, 0.5) is 0 Å². The summed E-state index contributed by atoms with van der Waals surface area (Å²) in [5, 5.41) is 0. The average Bonchev–Trinajstić information content (AvgIpc) is 1.77. The van der Waals surface area contributed by atoms with E-state index in [0.717, 1.165) is 25.9 Å². The van der Waals surface area contributed by atoms with Crippen molar-refractivity contribution in [3.63, 3.8) is 0 Å². The maximum atomic E-state index is 10.6. The molecule has 0 aromatic carbocycles. The molecule has 0 aromatic rings. The van der Waals surface area contributed by atoms with Crippen molar-refractivity contribution in [2.24, 2.45) is 0 Å². The number of Topliss-reactive ketones (excluding diaryl/α,β-unsaturated/α-hetero) is 1. The van der Waals surface area contributed by atoms with Crippen molar-refractivity contribution >= 4 is 31.1 Å². The van der Waals surface area contributed by atoms with Crippen molar-refractivity contribution in [1.82, 2.24) is 2.80 Å². The predicted octanol–water partition coefficient (Wildman–Crippen LogP) is -0.533. The van der Waals surface area contributed by atoms with Crippen molar-refractivity contribution in [3.05, 3.63) is 0 Å². The first-order chi connectivity index (χ1) is 3.79. The van der Waals surface area contributed by atoms with Gasteiger partial charge < -0.3 is 0 Å². The molecule has 1 aliphatic heterocycles. The van der Waals surface area contributed by atoms with E-state index in [1.165, 1.54) is 25.4 Å². The van der Waals surface area contributed by atoms with Crippen LogP contribution in [0.25, 0.3) is 0 Å². The second kappa shape index (κ2) is 2.89. The first-order valence-electron chi connectivity index (χ1n) is 2.74. The van der Waals surface area contributed by atoms with Gasteiger partial charge in [0.25, 0.3) is 0 Å². The third kappa shape index (κ3) is 1.80. The summed E-state index contributed by atoms with van der Waals surface area (Å²) < 4.78 is 2.29. The fraction of sp³-hybridized carbons (Fsp3) is 0.800. The van der Waals surface area contributed by atoms with E-state index in [0.29, 0.717) is 5.78 Å². The summed E-state index contributed by atoms with van der Waals surface area (Å²) in [6, 6.07) is 0. The Hall–Kier alpha value is 0.526. The topological polar surface area (TPSA) is 20.3 Å². The van der Waals surface area contributed by atoms with E-state index in [1.807, 2.05) is 0 Å². The van der Waals surface area contributed by atoms with E-state index < -0.39 is 0 Å². The molecule has 0 spiro atoms. The van der Waals surface area contributed by atoms with E-state index in [4.69, 9.17) is 0 Å². The van der Waals surface area contributed by atoms with Gasteiger partial charge in [0.2, 0.25) is 0 Å². The van der Waals surface area contributed by atoms with Crippen molar-refractivity contribution < 1.29 is 4.79 Å². The molecule has 0 aliphatic carbocycles. The summed E-state index contributed by atoms with van der Waals surface area (Å²) >= 11 is 1.31. The summed E-state index contributed by atoms with van der Waals surface area (Å²) in [5.41, 5.74) is 0. The number of nitrogens with zero attached hydrogens (tertiary/aromatic N) is 1. The van der Waals surface area contributed by atoms with Crippen LogP contribution in [0.15, 0.2) is 0 Å². The third-order valence-electron chi connectivity index (χ3n) is 1.30. The summed E-state index contributed by atoms with van der Waals surface area (Å²) in [5.74, 6) is 0.437. The number of carbonyl (C=O) groups is 1. The van der Waals surface area contributed by atoms with E-state index in [9.17, 15) is 4.79 Å². The molecule has 8 heavy (non-hydrogen) atoms. The van der Waals surface area contributed by atoms with Crippen LogP contribution < -0.4 is 0 Å². The molecule has 0 atom stereocenters. The molecule has 1 heterocycles. The van der Waals surface area contributed by atoms with Gasteiger partial charge in [-0.1, -0.05) is 0 Å². The fourth-order valence-corrected chi connectivity index (χ4v) is 1.52. The second-order valence-electron chi connectivity index (χ2n) is 1.99. The second-order valence-corrected chi connectivity index (χ2v) is 4.19. The Morgan fingerprint density at radius 1 is 1.38 bits per heavy atom. The van der Waals surface area contributed by atoms with Gasteiger partial charge >= 0.3 is 64.7 Å². The van der Waals surface area contributed by atoms with Crippen LogP contribution in [0.3, 0.4) is 0 Å². The maximum absolute atomic E-state index is 10.6. The first-order valence-corrected chi connectivity index (χ1v) is 4.30. The van der Waals surface area contributed by atoms with Gasteiger partial charge in [-0.15, -0.1) is 0 Å². The number of carbonyl (C=O) groups excluding carboxylic acids is 1. The number of hydrogen-bond acceptors (Lipinski definition) is 2. The molecule has 0 bridgehead atoms. The summed E-state index contributed by atoms with van der Waals surface area (Å²) in [4.78, 5) is 10.6. The van der Waals surface area contributed by atoms with Gasteiger partial charge in [0.05, 0.1) is 0 Å². The molecule has 1 saturated heterocycles. The zero-order valence-electron chi connectivity index (χ0n) is 4.63. The van der Waals surface area contributed by atoms with E-state index in [1.54, 1.807) is 0 Å². The van der Waals surface area contributed by atoms with E-state index >= 15 is 0 Å². The molecule has 0 unspecified atom stereocenters. The van der Waals surface area contributed by atoms with Crippen LogP contribution in [0, 0.1) is 0 Å². The molecule has 0 radical (unpaired) electrons. The standard InChI is InChI=1S/C5H8NO.Po.H/c7-5-1-3-6-4-2-5;;/h1-4H2;;/q-1;+1;. The third-order valence-corrected chi connectivity index (χ3v) is 2.85.